The summed E-state index contributed by atoms with van der Waals surface area (Å²) >= 11 is 3.45. The van der Waals surface area contributed by atoms with Gasteiger partial charge in [0.25, 0.3) is 11.9 Å². The van der Waals surface area contributed by atoms with Crippen molar-refractivity contribution in [2.24, 2.45) is 0 Å². The molecule has 0 saturated carbocycles. The number of rotatable bonds is 3. The molecule has 0 aliphatic carbocycles. The fourth-order valence-electron chi connectivity index (χ4n) is 4.44. The molecule has 0 bridgehead atoms. The number of hydrogen-bond acceptors (Lipinski definition) is 5. The number of benzene rings is 2. The Morgan fingerprint density at radius 1 is 1.26 bits per heavy atom. The Labute approximate surface area is 164 Å². The molecular weight excluding hydrogens is 414 g/mol. The van der Waals surface area contributed by atoms with Gasteiger partial charge in [0.05, 0.1) is 17.5 Å². The quantitative estimate of drug-likeness (QED) is 0.575. The lowest BCUT2D eigenvalue weighted by molar-refractivity contribution is -0.532. The summed E-state index contributed by atoms with van der Waals surface area (Å²) in [5, 5.41) is 18.3. The second-order valence-corrected chi connectivity index (χ2v) is 7.75. The van der Waals surface area contributed by atoms with Gasteiger partial charge in [0.2, 0.25) is 0 Å². The van der Waals surface area contributed by atoms with Gasteiger partial charge in [-0.3, -0.25) is 20.2 Å². The normalized spacial score (nSPS) is 28.9. The van der Waals surface area contributed by atoms with Crippen LogP contribution in [0.15, 0.2) is 46.9 Å². The van der Waals surface area contributed by atoms with Gasteiger partial charge in [-0.1, -0.05) is 24.3 Å². The minimum atomic E-state index is -1.39. The number of carbonyl (C=O) groups is 1. The minimum Gasteiger partial charge on any atom is -0.496 e. The number of hydrogen-bond donors (Lipinski definition) is 2. The Bertz CT molecular complexity index is 950. The third-order valence-corrected chi connectivity index (χ3v) is 6.14. The second-order valence-electron chi connectivity index (χ2n) is 6.89. The molecule has 0 radical (unpaired) electrons. The maximum atomic E-state index is 13.0. The molecule has 0 unspecified atom stereocenters. The molecule has 27 heavy (non-hydrogen) atoms. The van der Waals surface area contributed by atoms with E-state index in [0.29, 0.717) is 21.5 Å². The van der Waals surface area contributed by atoms with Gasteiger partial charge in [-0.25, -0.2) is 0 Å². The Balaban J connectivity index is 1.87. The first-order valence-corrected chi connectivity index (χ1v) is 9.35. The molecule has 8 heteroatoms. The van der Waals surface area contributed by atoms with Gasteiger partial charge >= 0.3 is 0 Å². The average Bonchev–Trinajstić information content (AvgIpc) is 3.10. The highest BCUT2D eigenvalue weighted by Gasteiger charge is 2.67. The van der Waals surface area contributed by atoms with Gasteiger partial charge < -0.3 is 10.1 Å². The van der Waals surface area contributed by atoms with E-state index in [1.165, 1.54) is 0 Å². The van der Waals surface area contributed by atoms with Gasteiger partial charge in [0, 0.05) is 22.2 Å². The van der Waals surface area contributed by atoms with Crippen LogP contribution in [0.25, 0.3) is 0 Å². The van der Waals surface area contributed by atoms with Crippen molar-refractivity contribution in [3.63, 3.8) is 0 Å². The van der Waals surface area contributed by atoms with Crippen LogP contribution >= 0.6 is 15.9 Å². The Kier molecular flexibility index (Phi) is 4.20. The Morgan fingerprint density at radius 2 is 2.00 bits per heavy atom. The van der Waals surface area contributed by atoms with Crippen LogP contribution in [0, 0.1) is 10.1 Å². The lowest BCUT2D eigenvalue weighted by atomic mass is 9.78. The molecule has 140 valence electrons. The van der Waals surface area contributed by atoms with E-state index in [9.17, 15) is 14.9 Å². The SMILES string of the molecule is COc1ccc([C@@H]2[C@H](C)N[C@]3(C(=O)Nc4ccccc43)[C@@H]2[N+](=O)[O-])cc1Br. The number of anilines is 1. The summed E-state index contributed by atoms with van der Waals surface area (Å²) in [6.45, 7) is 1.88. The number of nitro groups is 1. The van der Waals surface area contributed by atoms with Crippen molar-refractivity contribution in [2.45, 2.75) is 30.5 Å². The van der Waals surface area contributed by atoms with Crippen molar-refractivity contribution in [1.82, 2.24) is 5.32 Å². The molecule has 1 saturated heterocycles. The molecule has 4 atom stereocenters. The molecule has 2 heterocycles. The summed E-state index contributed by atoms with van der Waals surface area (Å²) in [6.07, 6.45) is 0. The van der Waals surface area contributed by atoms with Crippen molar-refractivity contribution in [2.75, 3.05) is 12.4 Å². The summed E-state index contributed by atoms with van der Waals surface area (Å²) in [7, 11) is 1.56. The van der Waals surface area contributed by atoms with Gasteiger partial charge in [-0.05, 0) is 46.6 Å². The average molecular weight is 432 g/mol. The van der Waals surface area contributed by atoms with Gasteiger partial charge in [-0.2, -0.15) is 0 Å². The Hall–Kier alpha value is -2.45. The number of para-hydroxylation sites is 1. The van der Waals surface area contributed by atoms with Crippen LogP contribution in [0.5, 0.6) is 5.75 Å². The number of nitrogens with one attached hydrogen (secondary N) is 2. The van der Waals surface area contributed by atoms with Crippen LogP contribution in [0.2, 0.25) is 0 Å². The molecule has 7 nitrogen and oxygen atoms in total. The predicted octanol–water partition coefficient (Wildman–Crippen LogP) is 3.03. The predicted molar refractivity (Wildman–Crippen MR) is 104 cm³/mol. The number of methoxy groups -OCH3 is 1. The maximum Gasteiger partial charge on any atom is 0.256 e. The minimum absolute atomic E-state index is 0.280. The molecule has 1 fully saturated rings. The van der Waals surface area contributed by atoms with E-state index in [1.807, 2.05) is 19.1 Å². The fraction of sp³-hybridized carbons (Fsp3) is 0.316. The molecule has 0 aromatic heterocycles. The van der Waals surface area contributed by atoms with Gasteiger partial charge in [-0.15, -0.1) is 0 Å². The summed E-state index contributed by atoms with van der Waals surface area (Å²) in [4.78, 5) is 24.8. The lowest BCUT2D eigenvalue weighted by Gasteiger charge is -2.25. The molecule has 4 rings (SSSR count). The first-order chi connectivity index (χ1) is 12.9. The molecule has 2 N–H and O–H groups in total. The van der Waals surface area contributed by atoms with Crippen LogP contribution in [0.4, 0.5) is 5.69 Å². The van der Waals surface area contributed by atoms with Crippen LogP contribution < -0.4 is 15.4 Å². The summed E-state index contributed by atoms with van der Waals surface area (Å²) < 4.78 is 5.98. The van der Waals surface area contributed by atoms with E-state index in [1.54, 1.807) is 37.4 Å². The number of ether oxygens (including phenoxy) is 1. The highest BCUT2D eigenvalue weighted by Crippen LogP contribution is 2.50. The monoisotopic (exact) mass is 431 g/mol. The van der Waals surface area contributed by atoms with E-state index in [2.05, 4.69) is 26.6 Å². The van der Waals surface area contributed by atoms with Crippen LogP contribution in [0.3, 0.4) is 0 Å². The van der Waals surface area contributed by atoms with Gasteiger partial charge in [0.15, 0.2) is 5.54 Å². The zero-order valence-electron chi connectivity index (χ0n) is 14.7. The summed E-state index contributed by atoms with van der Waals surface area (Å²) in [5.74, 6) is -0.222. The third-order valence-electron chi connectivity index (χ3n) is 5.52. The first-order valence-electron chi connectivity index (χ1n) is 8.55. The number of nitrogens with zero attached hydrogens (tertiary/aromatic N) is 1. The molecular formula is C19H18BrN3O4. The van der Waals surface area contributed by atoms with Crippen molar-refractivity contribution >= 4 is 27.5 Å². The number of amides is 1. The lowest BCUT2D eigenvalue weighted by Crippen LogP contribution is -2.54. The molecule has 2 aromatic carbocycles. The van der Waals surface area contributed by atoms with Crippen LogP contribution in [-0.2, 0) is 10.3 Å². The fourth-order valence-corrected chi connectivity index (χ4v) is 5.00. The van der Waals surface area contributed by atoms with E-state index in [0.717, 1.165) is 5.56 Å². The first kappa shape index (κ1) is 17.9. The molecule has 2 aromatic rings. The number of carbonyl (C=O) groups excluding carboxylic acids is 1. The highest BCUT2D eigenvalue weighted by molar-refractivity contribution is 9.10. The van der Waals surface area contributed by atoms with Crippen molar-refractivity contribution in [3.05, 3.63) is 68.2 Å². The van der Waals surface area contributed by atoms with Crippen LogP contribution in [0.1, 0.15) is 24.0 Å². The standard InChI is InChI=1S/C19H18BrN3O4/c1-10-16(11-7-8-15(27-2)13(20)9-11)17(23(25)26)19(22-10)12-5-3-4-6-14(12)21-18(19)24/h3-10,16-17,22H,1-2H3,(H,21,24)/t10-,16-,17+,19-/m0/s1. The van der Waals surface area contributed by atoms with Gasteiger partial charge in [0.1, 0.15) is 5.75 Å². The second kappa shape index (κ2) is 6.31. The zero-order valence-corrected chi connectivity index (χ0v) is 16.3. The topological polar surface area (TPSA) is 93.5 Å². The van der Waals surface area contributed by atoms with E-state index >= 15 is 0 Å². The molecule has 1 spiro atoms. The summed E-state index contributed by atoms with van der Waals surface area (Å²) in [6, 6.07) is 11.1. The van der Waals surface area contributed by atoms with E-state index < -0.39 is 17.5 Å². The molecule has 2 aliphatic heterocycles. The summed E-state index contributed by atoms with van der Waals surface area (Å²) in [5.41, 5.74) is 0.624. The third kappa shape index (κ3) is 2.47. The molecule has 1 amide bonds. The van der Waals surface area contributed by atoms with E-state index in [-0.39, 0.29) is 16.9 Å². The Morgan fingerprint density at radius 3 is 2.67 bits per heavy atom. The smallest absolute Gasteiger partial charge is 0.256 e. The van der Waals surface area contributed by atoms with Crippen molar-refractivity contribution < 1.29 is 14.5 Å². The maximum absolute atomic E-state index is 13.0. The van der Waals surface area contributed by atoms with Crippen LogP contribution in [-0.4, -0.2) is 30.0 Å². The highest BCUT2D eigenvalue weighted by atomic mass is 79.9. The number of fused-ring (bicyclic) bond motifs is 2. The zero-order chi connectivity index (χ0) is 19.3. The number of halogens is 1. The molecule has 2 aliphatic rings. The van der Waals surface area contributed by atoms with Crippen molar-refractivity contribution in [3.8, 4) is 5.75 Å². The largest absolute Gasteiger partial charge is 0.496 e. The van der Waals surface area contributed by atoms with E-state index in [4.69, 9.17) is 4.74 Å². The van der Waals surface area contributed by atoms with Crippen molar-refractivity contribution in [1.29, 1.82) is 0 Å².